The van der Waals surface area contributed by atoms with Gasteiger partial charge in [0.1, 0.15) is 0 Å². The van der Waals surface area contributed by atoms with E-state index in [0.717, 1.165) is 19.1 Å². The number of piperidine rings is 1. The molecule has 3 atom stereocenters. The van der Waals surface area contributed by atoms with E-state index in [9.17, 15) is 0 Å². The molecule has 4 aliphatic rings. The second kappa shape index (κ2) is 8.69. The van der Waals surface area contributed by atoms with E-state index in [1.165, 1.54) is 77.4 Å². The highest BCUT2D eigenvalue weighted by Crippen LogP contribution is 2.60. The highest BCUT2D eigenvalue weighted by Gasteiger charge is 2.65. The normalized spacial score (nSPS) is 33.9. The summed E-state index contributed by atoms with van der Waals surface area (Å²) in [6.07, 6.45) is 12.2. The smallest absolute Gasteiger partial charge is 0.191 e. The van der Waals surface area contributed by atoms with Crippen LogP contribution in [-0.4, -0.2) is 61.8 Å². The number of rotatable bonds is 6. The van der Waals surface area contributed by atoms with Gasteiger partial charge in [-0.2, -0.15) is 0 Å². The van der Waals surface area contributed by atoms with Crippen molar-refractivity contribution in [1.82, 2.24) is 15.5 Å². The molecular weight excluding hydrogens is 336 g/mol. The largest absolute Gasteiger partial charge is 0.377 e. The molecule has 27 heavy (non-hydrogen) atoms. The molecule has 0 bridgehead atoms. The summed E-state index contributed by atoms with van der Waals surface area (Å²) in [7, 11) is 0. The van der Waals surface area contributed by atoms with E-state index in [1.54, 1.807) is 0 Å². The molecule has 0 radical (unpaired) electrons. The zero-order valence-corrected chi connectivity index (χ0v) is 17.5. The molecule has 4 rings (SSSR count). The van der Waals surface area contributed by atoms with E-state index in [-0.39, 0.29) is 0 Å². The summed E-state index contributed by atoms with van der Waals surface area (Å²) in [5.41, 5.74) is 0.390. The van der Waals surface area contributed by atoms with Crippen molar-refractivity contribution in [3.8, 4) is 0 Å². The van der Waals surface area contributed by atoms with E-state index in [0.29, 0.717) is 29.5 Å². The summed E-state index contributed by atoms with van der Waals surface area (Å²) in [6.45, 7) is 9.94. The molecule has 2 N–H and O–H groups in total. The Balaban J connectivity index is 1.33. The van der Waals surface area contributed by atoms with Gasteiger partial charge in [-0.15, -0.1) is 0 Å². The topological polar surface area (TPSA) is 48.9 Å². The van der Waals surface area contributed by atoms with E-state index in [1.807, 2.05) is 0 Å². The molecule has 2 heterocycles. The van der Waals surface area contributed by atoms with Crippen molar-refractivity contribution in [3.63, 3.8) is 0 Å². The number of nitrogens with zero attached hydrogens (tertiary/aromatic N) is 2. The van der Waals surface area contributed by atoms with Crippen LogP contribution in [0.15, 0.2) is 4.99 Å². The molecule has 0 amide bonds. The van der Waals surface area contributed by atoms with Crippen molar-refractivity contribution in [2.24, 2.45) is 16.3 Å². The maximum Gasteiger partial charge on any atom is 0.191 e. The summed E-state index contributed by atoms with van der Waals surface area (Å²) in [6, 6.07) is 1.13. The van der Waals surface area contributed by atoms with Crippen molar-refractivity contribution in [2.75, 3.05) is 32.8 Å². The molecular formula is C22H40N4O. The third-order valence-electron chi connectivity index (χ3n) is 7.65. The molecule has 0 aromatic carbocycles. The van der Waals surface area contributed by atoms with E-state index in [2.05, 4.69) is 29.4 Å². The number of hydrogen-bond donors (Lipinski definition) is 2. The average Bonchev–Trinajstić information content (AvgIpc) is 3.34. The molecule has 2 saturated carbocycles. The first kappa shape index (κ1) is 19.5. The molecule has 4 fully saturated rings. The second-order valence-electron chi connectivity index (χ2n) is 9.24. The zero-order valence-electron chi connectivity index (χ0n) is 17.5. The predicted molar refractivity (Wildman–Crippen MR) is 111 cm³/mol. The Bertz CT molecular complexity index is 508. The van der Waals surface area contributed by atoms with Gasteiger partial charge in [-0.25, -0.2) is 0 Å². The third kappa shape index (κ3) is 3.87. The van der Waals surface area contributed by atoms with Gasteiger partial charge in [-0.3, -0.25) is 4.99 Å². The molecule has 0 aromatic heterocycles. The van der Waals surface area contributed by atoms with Crippen molar-refractivity contribution in [3.05, 3.63) is 0 Å². The number of unbranched alkanes of at least 4 members (excludes halogenated alkanes) is 1. The highest BCUT2D eigenvalue weighted by atomic mass is 16.5. The number of hydrogen-bond acceptors (Lipinski definition) is 3. The van der Waals surface area contributed by atoms with Crippen LogP contribution >= 0.6 is 0 Å². The standard InChI is InChI=1S/C22H40N4O/c1-3-5-13-26-14-8-17(9-15-26)24-21(23-4-2)25-19-18-10-16-27-20(18)22(19)11-6-7-12-22/h17-20H,3-16H2,1-2H3,(H2,23,24,25). The molecule has 2 saturated heterocycles. The van der Waals surface area contributed by atoms with Crippen LogP contribution in [0.3, 0.4) is 0 Å². The predicted octanol–water partition coefficient (Wildman–Crippen LogP) is 3.15. The molecule has 1 spiro atoms. The number of fused-ring (bicyclic) bond motifs is 2. The van der Waals surface area contributed by atoms with Crippen molar-refractivity contribution in [2.45, 2.75) is 89.8 Å². The molecule has 154 valence electrons. The Kier molecular flexibility index (Phi) is 6.28. The lowest BCUT2D eigenvalue weighted by atomic mass is 9.54. The molecule has 5 nitrogen and oxygen atoms in total. The first-order valence-electron chi connectivity index (χ1n) is 11.7. The Morgan fingerprint density at radius 1 is 1.11 bits per heavy atom. The van der Waals surface area contributed by atoms with Crippen LogP contribution in [0.1, 0.15) is 71.6 Å². The van der Waals surface area contributed by atoms with Gasteiger partial charge in [-0.05, 0) is 52.0 Å². The minimum absolute atomic E-state index is 0.390. The zero-order chi connectivity index (χ0) is 18.7. The summed E-state index contributed by atoms with van der Waals surface area (Å²) in [5.74, 6) is 1.76. The quantitative estimate of drug-likeness (QED) is 0.552. The fourth-order valence-corrected chi connectivity index (χ4v) is 6.22. The number of aliphatic imine (C=N–C) groups is 1. The van der Waals surface area contributed by atoms with E-state index in [4.69, 9.17) is 9.73 Å². The van der Waals surface area contributed by atoms with Gasteiger partial charge in [0, 0.05) is 49.7 Å². The summed E-state index contributed by atoms with van der Waals surface area (Å²) >= 11 is 0. The van der Waals surface area contributed by atoms with Gasteiger partial charge in [-0.1, -0.05) is 26.2 Å². The van der Waals surface area contributed by atoms with Crippen molar-refractivity contribution >= 4 is 5.96 Å². The van der Waals surface area contributed by atoms with Crippen LogP contribution in [0.25, 0.3) is 0 Å². The van der Waals surface area contributed by atoms with Crippen LogP contribution in [-0.2, 0) is 4.74 Å². The van der Waals surface area contributed by atoms with Crippen LogP contribution in [0, 0.1) is 11.3 Å². The highest BCUT2D eigenvalue weighted by molar-refractivity contribution is 5.80. The van der Waals surface area contributed by atoms with Gasteiger partial charge in [0.25, 0.3) is 0 Å². The lowest BCUT2D eigenvalue weighted by Gasteiger charge is -2.57. The lowest BCUT2D eigenvalue weighted by Crippen LogP contribution is -2.69. The van der Waals surface area contributed by atoms with Gasteiger partial charge >= 0.3 is 0 Å². The number of guanidine groups is 1. The number of ether oxygens (including phenoxy) is 1. The molecule has 2 aliphatic carbocycles. The summed E-state index contributed by atoms with van der Waals surface area (Å²) < 4.78 is 6.15. The van der Waals surface area contributed by atoms with Crippen LogP contribution < -0.4 is 10.6 Å². The minimum Gasteiger partial charge on any atom is -0.377 e. The SMILES string of the molecule is CCCCN1CCC(NC(=NCC)NC2C3CCOC3C23CCCC3)CC1. The maximum atomic E-state index is 6.15. The van der Waals surface area contributed by atoms with Gasteiger partial charge in [0.05, 0.1) is 6.10 Å². The molecule has 5 heteroatoms. The van der Waals surface area contributed by atoms with Gasteiger partial charge in [0.2, 0.25) is 0 Å². The first-order chi connectivity index (χ1) is 13.3. The average molecular weight is 377 g/mol. The molecule has 2 aliphatic heterocycles. The number of nitrogens with one attached hydrogen (secondary N) is 2. The summed E-state index contributed by atoms with van der Waals surface area (Å²) in [4.78, 5) is 7.45. The third-order valence-corrected chi connectivity index (χ3v) is 7.65. The van der Waals surface area contributed by atoms with Gasteiger partial charge < -0.3 is 20.3 Å². The molecule has 0 aromatic rings. The Morgan fingerprint density at radius 2 is 1.89 bits per heavy atom. The minimum atomic E-state index is 0.390. The van der Waals surface area contributed by atoms with Crippen molar-refractivity contribution < 1.29 is 4.74 Å². The van der Waals surface area contributed by atoms with Crippen molar-refractivity contribution in [1.29, 1.82) is 0 Å². The first-order valence-corrected chi connectivity index (χ1v) is 11.7. The molecule has 3 unspecified atom stereocenters. The Morgan fingerprint density at radius 3 is 2.59 bits per heavy atom. The fraction of sp³-hybridized carbons (Fsp3) is 0.955. The van der Waals surface area contributed by atoms with E-state index >= 15 is 0 Å². The van der Waals surface area contributed by atoms with Gasteiger partial charge in [0.15, 0.2) is 5.96 Å². The monoisotopic (exact) mass is 376 g/mol. The fourth-order valence-electron chi connectivity index (χ4n) is 6.22. The van der Waals surface area contributed by atoms with E-state index < -0.39 is 0 Å². The van der Waals surface area contributed by atoms with Crippen LogP contribution in [0.4, 0.5) is 0 Å². The maximum absolute atomic E-state index is 6.15. The lowest BCUT2D eigenvalue weighted by molar-refractivity contribution is -0.125. The van der Waals surface area contributed by atoms with Crippen LogP contribution in [0.5, 0.6) is 0 Å². The Labute approximate surface area is 165 Å². The second-order valence-corrected chi connectivity index (χ2v) is 9.24. The Hall–Kier alpha value is -0.810. The number of likely N-dealkylation sites (tertiary alicyclic amines) is 1. The summed E-state index contributed by atoms with van der Waals surface area (Å²) in [5, 5.41) is 7.69. The van der Waals surface area contributed by atoms with Crippen LogP contribution in [0.2, 0.25) is 0 Å².